The normalized spacial score (nSPS) is 11.1. The molecule has 1 N–H and O–H groups in total. The molecule has 7 heteroatoms. The Morgan fingerprint density at radius 1 is 1.12 bits per heavy atom. The number of benzene rings is 2. The summed E-state index contributed by atoms with van der Waals surface area (Å²) in [4.78, 5) is 12.5. The molecule has 2 aromatic carbocycles. The number of hydrogen-bond donors (Lipinski definition) is 1. The van der Waals surface area contributed by atoms with Crippen LogP contribution in [0.1, 0.15) is 16.7 Å². The summed E-state index contributed by atoms with van der Waals surface area (Å²) in [6, 6.07) is 10.5. The van der Waals surface area contributed by atoms with Gasteiger partial charge in [-0.1, -0.05) is 23.8 Å². The third-order valence-electron chi connectivity index (χ3n) is 3.97. The van der Waals surface area contributed by atoms with E-state index in [0.29, 0.717) is 17.1 Å². The van der Waals surface area contributed by atoms with Crippen LogP contribution < -0.4 is 14.4 Å². The van der Waals surface area contributed by atoms with E-state index in [1.165, 1.54) is 7.11 Å². The number of nitrogens with one attached hydrogen (secondary N) is 1. The van der Waals surface area contributed by atoms with Crippen LogP contribution in [0.25, 0.3) is 0 Å². The van der Waals surface area contributed by atoms with Gasteiger partial charge in [-0.15, -0.1) is 0 Å². The fourth-order valence-corrected chi connectivity index (χ4v) is 3.70. The Labute approximate surface area is 154 Å². The SMILES string of the molecule is COc1cccc(N(CC(=O)Nc2c(C)cc(C)cc2C)S(C)(=O)=O)c1. The number of ether oxygens (including phenoxy) is 1. The molecule has 0 aliphatic heterocycles. The Hall–Kier alpha value is -2.54. The summed E-state index contributed by atoms with van der Waals surface area (Å²) in [6.07, 6.45) is 1.07. The highest BCUT2D eigenvalue weighted by Gasteiger charge is 2.22. The third kappa shape index (κ3) is 4.76. The molecule has 2 aromatic rings. The number of anilines is 2. The van der Waals surface area contributed by atoms with Crippen molar-refractivity contribution in [3.63, 3.8) is 0 Å². The van der Waals surface area contributed by atoms with Crippen molar-refractivity contribution < 1.29 is 17.9 Å². The van der Waals surface area contributed by atoms with Crippen LogP contribution in [0, 0.1) is 20.8 Å². The maximum Gasteiger partial charge on any atom is 0.245 e. The van der Waals surface area contributed by atoms with Crippen LogP contribution in [0.5, 0.6) is 5.75 Å². The molecule has 0 atom stereocenters. The zero-order valence-corrected chi connectivity index (χ0v) is 16.5. The number of hydrogen-bond acceptors (Lipinski definition) is 4. The van der Waals surface area contributed by atoms with Gasteiger partial charge in [-0.25, -0.2) is 8.42 Å². The first kappa shape index (κ1) is 19.8. The molecule has 0 aliphatic carbocycles. The van der Waals surface area contributed by atoms with Crippen molar-refractivity contribution in [3.8, 4) is 5.75 Å². The van der Waals surface area contributed by atoms with Crippen molar-refractivity contribution in [1.29, 1.82) is 0 Å². The van der Waals surface area contributed by atoms with Crippen molar-refractivity contribution in [2.24, 2.45) is 0 Å². The first-order valence-corrected chi connectivity index (χ1v) is 9.96. The molecule has 140 valence electrons. The van der Waals surface area contributed by atoms with Crippen molar-refractivity contribution in [1.82, 2.24) is 0 Å². The van der Waals surface area contributed by atoms with Gasteiger partial charge in [-0.3, -0.25) is 9.10 Å². The standard InChI is InChI=1S/C19H24N2O4S/c1-13-9-14(2)19(15(3)10-13)20-18(22)12-21(26(5,23)24)16-7-6-8-17(11-16)25-4/h6-11H,12H2,1-5H3,(H,20,22). The van der Waals surface area contributed by atoms with Gasteiger partial charge in [0.15, 0.2) is 0 Å². The maximum absolute atomic E-state index is 12.5. The quantitative estimate of drug-likeness (QED) is 0.841. The predicted octanol–water partition coefficient (Wildman–Crippen LogP) is 3.03. The molecule has 1 amide bonds. The second-order valence-electron chi connectivity index (χ2n) is 6.29. The molecule has 0 saturated carbocycles. The summed E-state index contributed by atoms with van der Waals surface area (Å²) in [5.74, 6) is 0.107. The molecule has 0 aliphatic rings. The lowest BCUT2D eigenvalue weighted by molar-refractivity contribution is -0.114. The summed E-state index contributed by atoms with van der Waals surface area (Å²) in [5, 5.41) is 2.83. The van der Waals surface area contributed by atoms with Crippen LogP contribution in [-0.2, 0) is 14.8 Å². The van der Waals surface area contributed by atoms with E-state index in [-0.39, 0.29) is 6.54 Å². The smallest absolute Gasteiger partial charge is 0.245 e. The Balaban J connectivity index is 2.28. The van der Waals surface area contributed by atoms with Crippen LogP contribution >= 0.6 is 0 Å². The minimum Gasteiger partial charge on any atom is -0.497 e. The minimum atomic E-state index is -3.64. The number of rotatable bonds is 6. The van der Waals surface area contributed by atoms with Gasteiger partial charge in [0.2, 0.25) is 15.9 Å². The van der Waals surface area contributed by atoms with Gasteiger partial charge in [0.25, 0.3) is 0 Å². The van der Waals surface area contributed by atoms with Crippen LogP contribution in [0.4, 0.5) is 11.4 Å². The number of nitrogens with zero attached hydrogens (tertiary/aromatic N) is 1. The highest BCUT2D eigenvalue weighted by Crippen LogP contribution is 2.24. The van der Waals surface area contributed by atoms with Gasteiger partial charge in [0.05, 0.1) is 19.1 Å². The Morgan fingerprint density at radius 3 is 2.27 bits per heavy atom. The van der Waals surface area contributed by atoms with Gasteiger partial charge in [0, 0.05) is 11.8 Å². The highest BCUT2D eigenvalue weighted by atomic mass is 32.2. The van der Waals surface area contributed by atoms with E-state index in [1.54, 1.807) is 24.3 Å². The van der Waals surface area contributed by atoms with Crippen molar-refractivity contribution in [2.75, 3.05) is 29.5 Å². The molecule has 26 heavy (non-hydrogen) atoms. The van der Waals surface area contributed by atoms with E-state index >= 15 is 0 Å². The van der Waals surface area contributed by atoms with Crippen LogP contribution in [0.15, 0.2) is 36.4 Å². The highest BCUT2D eigenvalue weighted by molar-refractivity contribution is 7.92. The first-order valence-electron chi connectivity index (χ1n) is 8.11. The number of amides is 1. The van der Waals surface area contributed by atoms with E-state index in [9.17, 15) is 13.2 Å². The molecule has 6 nitrogen and oxygen atoms in total. The fraction of sp³-hybridized carbons (Fsp3) is 0.316. The Morgan fingerprint density at radius 2 is 1.73 bits per heavy atom. The molecule has 0 saturated heterocycles. The number of aryl methyl sites for hydroxylation is 3. The summed E-state index contributed by atoms with van der Waals surface area (Å²) in [5.41, 5.74) is 4.05. The lowest BCUT2D eigenvalue weighted by Gasteiger charge is -2.23. The fourth-order valence-electron chi connectivity index (χ4n) is 2.85. The molecular weight excluding hydrogens is 352 g/mol. The second kappa shape index (κ2) is 7.78. The number of sulfonamides is 1. The van der Waals surface area contributed by atoms with Crippen molar-refractivity contribution >= 4 is 27.3 Å². The van der Waals surface area contributed by atoms with Gasteiger partial charge < -0.3 is 10.1 Å². The number of methoxy groups -OCH3 is 1. The van der Waals surface area contributed by atoms with Crippen LogP contribution in [0.2, 0.25) is 0 Å². The van der Waals surface area contributed by atoms with E-state index in [4.69, 9.17) is 4.74 Å². The topological polar surface area (TPSA) is 75.7 Å². The van der Waals surface area contributed by atoms with Crippen LogP contribution in [0.3, 0.4) is 0 Å². The summed E-state index contributed by atoms with van der Waals surface area (Å²) in [7, 11) is -2.14. The summed E-state index contributed by atoms with van der Waals surface area (Å²) >= 11 is 0. The van der Waals surface area contributed by atoms with Gasteiger partial charge in [-0.05, 0) is 44.0 Å². The van der Waals surface area contributed by atoms with Crippen LogP contribution in [-0.4, -0.2) is 34.2 Å². The van der Waals surface area contributed by atoms with E-state index < -0.39 is 15.9 Å². The van der Waals surface area contributed by atoms with E-state index in [2.05, 4.69) is 5.32 Å². The van der Waals surface area contributed by atoms with Crippen molar-refractivity contribution in [3.05, 3.63) is 53.1 Å². The molecule has 0 radical (unpaired) electrons. The zero-order valence-electron chi connectivity index (χ0n) is 15.7. The molecule has 0 fully saturated rings. The third-order valence-corrected chi connectivity index (χ3v) is 5.11. The van der Waals surface area contributed by atoms with Gasteiger partial charge >= 0.3 is 0 Å². The van der Waals surface area contributed by atoms with Gasteiger partial charge in [-0.2, -0.15) is 0 Å². The average molecular weight is 376 g/mol. The lowest BCUT2D eigenvalue weighted by Crippen LogP contribution is -2.37. The average Bonchev–Trinajstić information content (AvgIpc) is 2.55. The lowest BCUT2D eigenvalue weighted by atomic mass is 10.1. The van der Waals surface area contributed by atoms with Crippen molar-refractivity contribution in [2.45, 2.75) is 20.8 Å². The molecule has 2 rings (SSSR count). The molecular formula is C19H24N2O4S. The van der Waals surface area contributed by atoms with Gasteiger partial charge in [0.1, 0.15) is 12.3 Å². The number of carbonyl (C=O) groups excluding carboxylic acids is 1. The number of carbonyl (C=O) groups is 1. The maximum atomic E-state index is 12.5. The zero-order chi connectivity index (χ0) is 19.5. The minimum absolute atomic E-state index is 0.321. The van der Waals surface area contributed by atoms with E-state index in [0.717, 1.165) is 27.3 Å². The molecule has 0 unspecified atom stereocenters. The summed E-state index contributed by atoms with van der Waals surface area (Å²) in [6.45, 7) is 5.48. The molecule has 0 heterocycles. The second-order valence-corrected chi connectivity index (χ2v) is 8.20. The van der Waals surface area contributed by atoms with E-state index in [1.807, 2.05) is 32.9 Å². The molecule has 0 aromatic heterocycles. The predicted molar refractivity (Wildman–Crippen MR) is 104 cm³/mol. The largest absolute Gasteiger partial charge is 0.497 e. The summed E-state index contributed by atoms with van der Waals surface area (Å²) < 4.78 is 30.6. The molecule has 0 spiro atoms. The first-order chi connectivity index (χ1) is 12.1. The molecule has 0 bridgehead atoms. The monoisotopic (exact) mass is 376 g/mol. The Bertz CT molecular complexity index is 900. The Kier molecular flexibility index (Phi) is 5.92.